The van der Waals surface area contributed by atoms with Gasteiger partial charge in [-0.25, -0.2) is 9.78 Å². The molecule has 6 nitrogen and oxygen atoms in total. The van der Waals surface area contributed by atoms with E-state index in [0.29, 0.717) is 32.6 Å². The second-order valence-electron chi connectivity index (χ2n) is 6.17. The molecule has 4 rings (SSSR count). The second-order valence-corrected chi connectivity index (χ2v) is 6.58. The number of carboxylic acids is 1. The monoisotopic (exact) mass is 380 g/mol. The Morgan fingerprint density at radius 1 is 1.04 bits per heavy atom. The van der Waals surface area contributed by atoms with Crippen LogP contribution in [0.15, 0.2) is 48.5 Å². The highest BCUT2D eigenvalue weighted by Crippen LogP contribution is 2.26. The van der Waals surface area contributed by atoms with Crippen LogP contribution in [0.4, 0.5) is 0 Å². The van der Waals surface area contributed by atoms with Crippen molar-refractivity contribution in [3.8, 4) is 0 Å². The fourth-order valence-corrected chi connectivity index (χ4v) is 3.48. The maximum Gasteiger partial charge on any atom is 0.354 e. The van der Waals surface area contributed by atoms with Crippen LogP contribution in [0.3, 0.4) is 0 Å². The summed E-state index contributed by atoms with van der Waals surface area (Å²) in [4.78, 5) is 41.9. The number of hydrogen-bond donors (Lipinski definition) is 1. The van der Waals surface area contributed by atoms with E-state index in [4.69, 9.17) is 11.6 Å². The molecule has 27 heavy (non-hydrogen) atoms. The topological polar surface area (TPSA) is 87.6 Å². The van der Waals surface area contributed by atoms with Crippen molar-refractivity contribution in [2.24, 2.45) is 0 Å². The van der Waals surface area contributed by atoms with E-state index >= 15 is 0 Å². The van der Waals surface area contributed by atoms with Gasteiger partial charge in [-0.15, -0.1) is 0 Å². The number of halogens is 1. The average molecular weight is 381 g/mol. The van der Waals surface area contributed by atoms with Crippen LogP contribution in [0.5, 0.6) is 0 Å². The number of fused-ring (bicyclic) bond motifs is 2. The Hall–Kier alpha value is -3.25. The predicted octanol–water partition coefficient (Wildman–Crippen LogP) is 3.43. The summed E-state index contributed by atoms with van der Waals surface area (Å²) < 4.78 is 0. The molecule has 0 spiro atoms. The van der Waals surface area contributed by atoms with E-state index in [2.05, 4.69) is 4.98 Å². The highest BCUT2D eigenvalue weighted by Gasteiger charge is 2.34. The number of carbonyl (C=O) groups is 3. The highest BCUT2D eigenvalue weighted by atomic mass is 35.5. The molecule has 1 aliphatic heterocycles. The first-order valence-corrected chi connectivity index (χ1v) is 8.62. The van der Waals surface area contributed by atoms with Gasteiger partial charge in [-0.1, -0.05) is 35.9 Å². The van der Waals surface area contributed by atoms with Gasteiger partial charge in [0.1, 0.15) is 0 Å². The molecule has 0 aliphatic carbocycles. The van der Waals surface area contributed by atoms with Crippen LogP contribution in [0.25, 0.3) is 10.9 Å². The molecular weight excluding hydrogens is 368 g/mol. The Bertz CT molecular complexity index is 1090. The van der Waals surface area contributed by atoms with Gasteiger partial charge in [-0.05, 0) is 36.2 Å². The molecule has 7 heteroatoms. The van der Waals surface area contributed by atoms with E-state index in [-0.39, 0.29) is 30.5 Å². The van der Waals surface area contributed by atoms with Gasteiger partial charge in [0.15, 0.2) is 5.69 Å². The van der Waals surface area contributed by atoms with Crippen LogP contribution < -0.4 is 0 Å². The van der Waals surface area contributed by atoms with Crippen molar-refractivity contribution in [1.29, 1.82) is 0 Å². The summed E-state index contributed by atoms with van der Waals surface area (Å²) >= 11 is 6.10. The molecule has 0 fully saturated rings. The lowest BCUT2D eigenvalue weighted by atomic mass is 10.1. The highest BCUT2D eigenvalue weighted by molar-refractivity contribution is 6.35. The minimum Gasteiger partial charge on any atom is -0.477 e. The number of hydrogen-bond acceptors (Lipinski definition) is 4. The summed E-state index contributed by atoms with van der Waals surface area (Å²) in [5, 5.41) is 10.6. The number of nitrogens with zero attached hydrogens (tertiary/aromatic N) is 2. The van der Waals surface area contributed by atoms with E-state index in [9.17, 15) is 19.5 Å². The summed E-state index contributed by atoms with van der Waals surface area (Å²) in [6, 6.07) is 13.5. The fourth-order valence-electron chi connectivity index (χ4n) is 3.26. The summed E-state index contributed by atoms with van der Waals surface area (Å²) in [5.74, 6) is -1.93. The number of amides is 2. The van der Waals surface area contributed by atoms with Crippen molar-refractivity contribution < 1.29 is 19.5 Å². The average Bonchev–Trinajstić information content (AvgIpc) is 2.90. The number of aromatic nitrogens is 1. The molecule has 1 aliphatic rings. The van der Waals surface area contributed by atoms with Crippen LogP contribution in [-0.4, -0.2) is 39.3 Å². The predicted molar refractivity (Wildman–Crippen MR) is 99.2 cm³/mol. The van der Waals surface area contributed by atoms with Gasteiger partial charge < -0.3 is 5.11 Å². The maximum absolute atomic E-state index is 12.5. The molecule has 1 aromatic heterocycles. The molecule has 3 aromatic rings. The lowest BCUT2D eigenvalue weighted by molar-refractivity contribution is 0.0655. The third-order valence-electron chi connectivity index (χ3n) is 4.56. The molecule has 1 N–H and O–H groups in total. The largest absolute Gasteiger partial charge is 0.477 e. The molecule has 134 valence electrons. The zero-order valence-corrected chi connectivity index (χ0v) is 14.7. The Labute approximate surface area is 159 Å². The summed E-state index contributed by atoms with van der Waals surface area (Å²) in [7, 11) is 0. The van der Waals surface area contributed by atoms with Crippen molar-refractivity contribution >= 4 is 40.3 Å². The molecule has 2 heterocycles. The zero-order chi connectivity index (χ0) is 19.1. The molecular formula is C20H13ClN2O4. The Balaban J connectivity index is 1.66. The lowest BCUT2D eigenvalue weighted by Crippen LogP contribution is -2.32. The normalized spacial score (nSPS) is 13.3. The van der Waals surface area contributed by atoms with Crippen LogP contribution in [0.2, 0.25) is 5.02 Å². The fraction of sp³-hybridized carbons (Fsp3) is 0.100. The van der Waals surface area contributed by atoms with E-state index in [0.717, 1.165) is 4.90 Å². The first-order chi connectivity index (χ1) is 13.0. The quantitative estimate of drug-likeness (QED) is 0.700. The van der Waals surface area contributed by atoms with Crippen LogP contribution in [0.1, 0.15) is 36.8 Å². The van der Waals surface area contributed by atoms with E-state index < -0.39 is 5.97 Å². The van der Waals surface area contributed by atoms with Crippen molar-refractivity contribution in [2.75, 3.05) is 6.54 Å². The smallest absolute Gasteiger partial charge is 0.354 e. The number of benzene rings is 2. The lowest BCUT2D eigenvalue weighted by Gasteiger charge is -2.15. The Morgan fingerprint density at radius 2 is 1.70 bits per heavy atom. The third kappa shape index (κ3) is 2.84. The minimum atomic E-state index is -1.19. The molecule has 0 bridgehead atoms. The molecule has 2 aromatic carbocycles. The summed E-state index contributed by atoms with van der Waals surface area (Å²) in [6.07, 6.45) is 0.183. The van der Waals surface area contributed by atoms with Crippen molar-refractivity contribution in [2.45, 2.75) is 6.42 Å². The maximum atomic E-state index is 12.5. The third-order valence-corrected chi connectivity index (χ3v) is 4.87. The first kappa shape index (κ1) is 17.2. The first-order valence-electron chi connectivity index (χ1n) is 8.24. The van der Waals surface area contributed by atoms with E-state index in [1.807, 2.05) is 0 Å². The number of rotatable bonds is 4. The molecule has 2 amide bonds. The minimum absolute atomic E-state index is 0.0698. The van der Waals surface area contributed by atoms with Gasteiger partial charge in [-0.2, -0.15) is 0 Å². The van der Waals surface area contributed by atoms with Crippen molar-refractivity contribution in [3.05, 3.63) is 75.9 Å². The molecule has 0 atom stereocenters. The van der Waals surface area contributed by atoms with Gasteiger partial charge in [0.05, 0.1) is 21.7 Å². The van der Waals surface area contributed by atoms with Gasteiger partial charge in [-0.3, -0.25) is 14.5 Å². The Kier molecular flexibility index (Phi) is 4.12. The number of carboxylic acid groups (broad SMARTS) is 1. The van der Waals surface area contributed by atoms with Crippen LogP contribution in [-0.2, 0) is 6.42 Å². The number of carbonyl (C=O) groups excluding carboxylic acids is 2. The summed E-state index contributed by atoms with van der Waals surface area (Å²) in [6.45, 7) is 0.0698. The SMILES string of the molecule is O=C(O)c1nc2c(Cl)cccc2cc1CCN1C(=O)c2ccccc2C1=O. The van der Waals surface area contributed by atoms with Crippen molar-refractivity contribution in [3.63, 3.8) is 0 Å². The molecule has 0 saturated heterocycles. The molecule has 0 saturated carbocycles. The number of aromatic carboxylic acids is 1. The van der Waals surface area contributed by atoms with Gasteiger partial charge >= 0.3 is 5.97 Å². The van der Waals surface area contributed by atoms with Gasteiger partial charge in [0.25, 0.3) is 11.8 Å². The van der Waals surface area contributed by atoms with Crippen LogP contribution >= 0.6 is 11.6 Å². The zero-order valence-electron chi connectivity index (χ0n) is 14.0. The molecule has 0 radical (unpaired) electrons. The number of pyridine rings is 1. The van der Waals surface area contributed by atoms with Gasteiger partial charge in [0, 0.05) is 11.9 Å². The van der Waals surface area contributed by atoms with E-state index in [1.165, 1.54) is 0 Å². The molecule has 0 unspecified atom stereocenters. The Morgan fingerprint density at radius 3 is 2.33 bits per heavy atom. The standard InChI is InChI=1S/C20H13ClN2O4/c21-15-7-3-4-11-10-12(17(20(26)27)22-16(11)15)8-9-23-18(24)13-5-1-2-6-14(13)19(23)25/h1-7,10H,8-9H2,(H,26,27). The van der Waals surface area contributed by atoms with Gasteiger partial charge in [0.2, 0.25) is 0 Å². The van der Waals surface area contributed by atoms with Crippen LogP contribution in [0, 0.1) is 0 Å². The number of para-hydroxylation sites is 1. The second kappa shape index (κ2) is 6.48. The van der Waals surface area contributed by atoms with E-state index in [1.54, 1.807) is 48.5 Å². The summed E-state index contributed by atoms with van der Waals surface area (Å²) in [5.41, 5.74) is 1.44. The number of imide groups is 1. The van der Waals surface area contributed by atoms with Crippen molar-refractivity contribution in [1.82, 2.24) is 9.88 Å².